The molecule has 0 saturated carbocycles. The first-order valence-electron chi connectivity index (χ1n) is 10.6. The molecule has 0 fully saturated rings. The molecule has 2 heterocycles. The van der Waals surface area contributed by atoms with E-state index in [9.17, 15) is 9.18 Å². The van der Waals surface area contributed by atoms with Gasteiger partial charge in [0.05, 0.1) is 18.3 Å². The van der Waals surface area contributed by atoms with E-state index in [1.165, 1.54) is 12.1 Å². The number of benzene rings is 3. The number of nitrogens with two attached hydrogens (primary N) is 1. The van der Waals surface area contributed by atoms with Crippen molar-refractivity contribution in [2.24, 2.45) is 0 Å². The highest BCUT2D eigenvalue weighted by molar-refractivity contribution is 5.49. The van der Waals surface area contributed by atoms with Gasteiger partial charge < -0.3 is 10.6 Å². The molecule has 1 aromatic heterocycles. The zero-order valence-electron chi connectivity index (χ0n) is 17.5. The molecule has 0 atom stereocenters. The van der Waals surface area contributed by atoms with Crippen molar-refractivity contribution in [1.29, 1.82) is 0 Å². The summed E-state index contributed by atoms with van der Waals surface area (Å²) in [4.78, 5) is 20.4. The fraction of sp³-hybridized carbons (Fsp3) is 0.154. The van der Waals surface area contributed by atoms with E-state index in [-0.39, 0.29) is 23.4 Å². The summed E-state index contributed by atoms with van der Waals surface area (Å²) in [5.74, 6) is -0.0864. The fourth-order valence-corrected chi connectivity index (χ4v) is 4.40. The van der Waals surface area contributed by atoms with Crippen LogP contribution in [0.15, 0.2) is 89.7 Å². The molecule has 160 valence electrons. The highest BCUT2D eigenvalue weighted by Crippen LogP contribution is 2.29. The van der Waals surface area contributed by atoms with Gasteiger partial charge in [-0.1, -0.05) is 60.7 Å². The number of aromatic nitrogens is 2. The van der Waals surface area contributed by atoms with Crippen LogP contribution in [-0.4, -0.2) is 16.1 Å². The van der Waals surface area contributed by atoms with Gasteiger partial charge in [0.25, 0.3) is 5.56 Å². The SMILES string of the molecule is Nc1nc2c(c(=O)n1C(c1ccccc1)c1ccccc1)CCN(c1ccc(F)cc1)C2. The molecule has 6 heteroatoms. The van der Waals surface area contributed by atoms with Crippen LogP contribution in [0.5, 0.6) is 0 Å². The highest BCUT2D eigenvalue weighted by atomic mass is 19.1. The molecule has 0 unspecified atom stereocenters. The summed E-state index contributed by atoms with van der Waals surface area (Å²) in [7, 11) is 0. The predicted molar refractivity (Wildman–Crippen MR) is 124 cm³/mol. The standard InChI is InChI=1S/C26H23FN4O/c27-20-11-13-21(14-12-20)30-16-15-22-23(17-30)29-26(28)31(25(22)32)24(18-7-3-1-4-8-18)19-9-5-2-6-10-19/h1-14,24H,15-17H2,(H2,28,29). The first-order chi connectivity index (χ1) is 15.6. The maximum atomic E-state index is 13.7. The molecule has 0 aliphatic carbocycles. The molecule has 0 amide bonds. The second-order valence-corrected chi connectivity index (χ2v) is 7.94. The van der Waals surface area contributed by atoms with Crippen LogP contribution < -0.4 is 16.2 Å². The summed E-state index contributed by atoms with van der Waals surface area (Å²) < 4.78 is 14.9. The molecule has 0 radical (unpaired) electrons. The summed E-state index contributed by atoms with van der Waals surface area (Å²) >= 11 is 0. The number of halogens is 1. The van der Waals surface area contributed by atoms with Crippen molar-refractivity contribution in [2.45, 2.75) is 19.0 Å². The Bertz CT molecular complexity index is 1250. The van der Waals surface area contributed by atoms with Crippen LogP contribution in [-0.2, 0) is 13.0 Å². The summed E-state index contributed by atoms with van der Waals surface area (Å²) in [5.41, 5.74) is 10.5. The number of nitrogens with zero attached hydrogens (tertiary/aromatic N) is 3. The summed E-state index contributed by atoms with van der Waals surface area (Å²) in [6.07, 6.45) is 0.551. The topological polar surface area (TPSA) is 64.1 Å². The average molecular weight is 426 g/mol. The van der Waals surface area contributed by atoms with Gasteiger partial charge in [0.1, 0.15) is 5.82 Å². The minimum absolute atomic E-state index is 0.107. The second kappa shape index (κ2) is 8.30. The van der Waals surface area contributed by atoms with Crippen molar-refractivity contribution in [3.8, 4) is 0 Å². The monoisotopic (exact) mass is 426 g/mol. The van der Waals surface area contributed by atoms with Crippen LogP contribution in [0, 0.1) is 5.82 Å². The second-order valence-electron chi connectivity index (χ2n) is 7.94. The van der Waals surface area contributed by atoms with Crippen molar-refractivity contribution in [3.63, 3.8) is 0 Å². The van der Waals surface area contributed by atoms with Gasteiger partial charge in [-0.3, -0.25) is 9.36 Å². The normalized spacial score (nSPS) is 13.2. The molecule has 32 heavy (non-hydrogen) atoms. The molecule has 4 aromatic rings. The van der Waals surface area contributed by atoms with E-state index in [2.05, 4.69) is 9.88 Å². The Morgan fingerprint density at radius 2 is 1.47 bits per heavy atom. The first-order valence-corrected chi connectivity index (χ1v) is 10.6. The van der Waals surface area contributed by atoms with Crippen molar-refractivity contribution < 1.29 is 4.39 Å². The van der Waals surface area contributed by atoms with Crippen LogP contribution in [0.25, 0.3) is 0 Å². The molecule has 3 aromatic carbocycles. The fourth-order valence-electron chi connectivity index (χ4n) is 4.40. The van der Waals surface area contributed by atoms with Crippen LogP contribution in [0.2, 0.25) is 0 Å². The van der Waals surface area contributed by atoms with Gasteiger partial charge in [-0.05, 0) is 41.8 Å². The van der Waals surface area contributed by atoms with Crippen LogP contribution in [0.1, 0.15) is 28.4 Å². The Hall–Kier alpha value is -3.93. The Balaban J connectivity index is 1.59. The van der Waals surface area contributed by atoms with Crippen LogP contribution >= 0.6 is 0 Å². The molecule has 5 rings (SSSR count). The van der Waals surface area contributed by atoms with E-state index < -0.39 is 0 Å². The molecular formula is C26H23FN4O. The van der Waals surface area contributed by atoms with E-state index in [4.69, 9.17) is 5.73 Å². The van der Waals surface area contributed by atoms with E-state index in [1.807, 2.05) is 60.7 Å². The average Bonchev–Trinajstić information content (AvgIpc) is 2.83. The molecule has 1 aliphatic heterocycles. The smallest absolute Gasteiger partial charge is 0.259 e. The quantitative estimate of drug-likeness (QED) is 0.532. The Labute approximate surface area is 185 Å². The number of hydrogen-bond acceptors (Lipinski definition) is 4. The first kappa shape index (κ1) is 20.0. The van der Waals surface area contributed by atoms with E-state index in [0.29, 0.717) is 30.8 Å². The van der Waals surface area contributed by atoms with Crippen molar-refractivity contribution in [1.82, 2.24) is 9.55 Å². The van der Waals surface area contributed by atoms with Gasteiger partial charge in [0.2, 0.25) is 5.95 Å². The number of rotatable bonds is 4. The summed E-state index contributed by atoms with van der Waals surface area (Å²) in [6, 6.07) is 25.7. The molecule has 5 nitrogen and oxygen atoms in total. The Morgan fingerprint density at radius 3 is 2.06 bits per heavy atom. The number of fused-ring (bicyclic) bond motifs is 1. The molecule has 2 N–H and O–H groups in total. The molecule has 0 spiro atoms. The van der Waals surface area contributed by atoms with E-state index in [0.717, 1.165) is 16.8 Å². The van der Waals surface area contributed by atoms with Gasteiger partial charge in [0.15, 0.2) is 0 Å². The van der Waals surface area contributed by atoms with Gasteiger partial charge in [-0.2, -0.15) is 0 Å². The lowest BCUT2D eigenvalue weighted by Crippen LogP contribution is -2.39. The van der Waals surface area contributed by atoms with Gasteiger partial charge >= 0.3 is 0 Å². The predicted octanol–water partition coefficient (Wildman–Crippen LogP) is 4.17. The summed E-state index contributed by atoms with van der Waals surface area (Å²) in [5, 5.41) is 0. The maximum Gasteiger partial charge on any atom is 0.259 e. The third kappa shape index (κ3) is 3.64. The largest absolute Gasteiger partial charge is 0.369 e. The lowest BCUT2D eigenvalue weighted by atomic mass is 9.97. The van der Waals surface area contributed by atoms with Gasteiger partial charge in [-0.15, -0.1) is 0 Å². The van der Waals surface area contributed by atoms with Crippen LogP contribution in [0.4, 0.5) is 16.0 Å². The van der Waals surface area contributed by atoms with E-state index >= 15 is 0 Å². The van der Waals surface area contributed by atoms with Crippen LogP contribution in [0.3, 0.4) is 0 Å². The number of hydrogen-bond donors (Lipinski definition) is 1. The minimum Gasteiger partial charge on any atom is -0.369 e. The summed E-state index contributed by atoms with van der Waals surface area (Å²) in [6.45, 7) is 1.11. The third-order valence-corrected chi connectivity index (χ3v) is 5.97. The third-order valence-electron chi connectivity index (χ3n) is 5.97. The van der Waals surface area contributed by atoms with Crippen molar-refractivity contribution >= 4 is 11.6 Å². The highest BCUT2D eigenvalue weighted by Gasteiger charge is 2.27. The van der Waals surface area contributed by atoms with Crippen molar-refractivity contribution in [2.75, 3.05) is 17.2 Å². The molecule has 1 aliphatic rings. The minimum atomic E-state index is -0.363. The molecule has 0 saturated heterocycles. The Morgan fingerprint density at radius 1 is 0.875 bits per heavy atom. The van der Waals surface area contributed by atoms with Gasteiger partial charge in [-0.25, -0.2) is 9.37 Å². The zero-order chi connectivity index (χ0) is 22.1. The Kier molecular flexibility index (Phi) is 5.19. The maximum absolute atomic E-state index is 13.7. The number of anilines is 2. The molecule has 0 bridgehead atoms. The van der Waals surface area contributed by atoms with Crippen molar-refractivity contribution in [3.05, 3.63) is 123 Å². The zero-order valence-corrected chi connectivity index (χ0v) is 17.5. The molecular weight excluding hydrogens is 403 g/mol. The van der Waals surface area contributed by atoms with Gasteiger partial charge in [0, 0.05) is 17.8 Å². The lowest BCUT2D eigenvalue weighted by molar-refractivity contribution is 0.609. The van der Waals surface area contributed by atoms with E-state index in [1.54, 1.807) is 16.7 Å². The number of nitrogen functional groups attached to an aromatic ring is 1. The lowest BCUT2D eigenvalue weighted by Gasteiger charge is -2.31.